The lowest BCUT2D eigenvalue weighted by Crippen LogP contribution is -2.63. The monoisotopic (exact) mass is 182 g/mol. The minimum Gasteiger partial charge on any atom is -0.341 e. The van der Waals surface area contributed by atoms with Crippen LogP contribution in [0.25, 0.3) is 0 Å². The van der Waals surface area contributed by atoms with E-state index in [1.165, 1.54) is 4.90 Å². The molecule has 1 fully saturated rings. The van der Waals surface area contributed by atoms with Crippen molar-refractivity contribution in [2.24, 2.45) is 0 Å². The number of nitrogens with one attached hydrogen (secondary N) is 1. The van der Waals surface area contributed by atoms with Crippen LogP contribution in [0.1, 0.15) is 13.8 Å². The third-order valence-corrected chi connectivity index (χ3v) is 1.96. The highest BCUT2D eigenvalue weighted by Gasteiger charge is 2.38. The Bertz CT molecular complexity index is 258. The maximum absolute atomic E-state index is 11.6. The molecule has 1 aliphatic rings. The summed E-state index contributed by atoms with van der Waals surface area (Å²) in [6, 6.07) is 0. The van der Waals surface area contributed by atoms with Crippen LogP contribution in [0.5, 0.6) is 0 Å². The van der Waals surface area contributed by atoms with Crippen LogP contribution < -0.4 is 5.32 Å². The number of rotatable bonds is 2. The number of carbonyl (C=O) groups is 2. The van der Waals surface area contributed by atoms with Crippen molar-refractivity contribution in [1.82, 2.24) is 10.2 Å². The minimum absolute atomic E-state index is 0.0630. The molecule has 2 amide bonds. The Kier molecular flexibility index (Phi) is 2.40. The van der Waals surface area contributed by atoms with Gasteiger partial charge >= 0.3 is 0 Å². The molecule has 1 rings (SSSR count). The predicted molar refractivity (Wildman–Crippen MR) is 49.0 cm³/mol. The first kappa shape index (κ1) is 9.77. The summed E-state index contributed by atoms with van der Waals surface area (Å²) < 4.78 is 0. The van der Waals surface area contributed by atoms with Crippen molar-refractivity contribution in [1.29, 1.82) is 0 Å². The lowest BCUT2D eigenvalue weighted by Gasteiger charge is -2.36. The third kappa shape index (κ3) is 1.88. The number of hydrogen-bond acceptors (Lipinski definition) is 2. The van der Waals surface area contributed by atoms with Crippen molar-refractivity contribution in [2.45, 2.75) is 19.4 Å². The third-order valence-electron chi connectivity index (χ3n) is 1.96. The molecule has 0 spiro atoms. The second kappa shape index (κ2) is 3.20. The highest BCUT2D eigenvalue weighted by molar-refractivity contribution is 5.97. The SMILES string of the molecule is C=CCN1CC(=O)NC(C)(C)C1=O. The van der Waals surface area contributed by atoms with Crippen LogP contribution in [0.3, 0.4) is 0 Å². The molecule has 0 saturated carbocycles. The van der Waals surface area contributed by atoms with Gasteiger partial charge in [-0.1, -0.05) is 6.08 Å². The molecule has 13 heavy (non-hydrogen) atoms. The summed E-state index contributed by atoms with van der Waals surface area (Å²) >= 11 is 0. The van der Waals surface area contributed by atoms with Gasteiger partial charge in [0.25, 0.3) is 0 Å². The lowest BCUT2D eigenvalue weighted by atomic mass is 10.0. The predicted octanol–water partition coefficient (Wildman–Crippen LogP) is -0.0906. The Labute approximate surface area is 77.6 Å². The molecule has 0 aromatic carbocycles. The van der Waals surface area contributed by atoms with E-state index in [0.717, 1.165) is 0 Å². The Morgan fingerprint density at radius 2 is 2.23 bits per heavy atom. The Balaban J connectivity index is 2.81. The maximum atomic E-state index is 11.6. The first-order valence-electron chi connectivity index (χ1n) is 4.18. The van der Waals surface area contributed by atoms with Gasteiger partial charge in [-0.2, -0.15) is 0 Å². The van der Waals surface area contributed by atoms with Crippen LogP contribution in [0.15, 0.2) is 12.7 Å². The number of hydrogen-bond donors (Lipinski definition) is 1. The average molecular weight is 182 g/mol. The van der Waals surface area contributed by atoms with Gasteiger partial charge in [0, 0.05) is 6.54 Å². The zero-order valence-corrected chi connectivity index (χ0v) is 7.96. The standard InChI is InChI=1S/C9H14N2O2/c1-4-5-11-6-7(12)10-9(2,3)8(11)13/h4H,1,5-6H2,2-3H3,(H,10,12). The molecule has 0 aromatic rings. The summed E-state index contributed by atoms with van der Waals surface area (Å²) in [6.45, 7) is 7.49. The van der Waals surface area contributed by atoms with E-state index in [1.54, 1.807) is 19.9 Å². The second-order valence-electron chi connectivity index (χ2n) is 3.65. The van der Waals surface area contributed by atoms with E-state index >= 15 is 0 Å². The Morgan fingerprint density at radius 3 is 2.77 bits per heavy atom. The van der Waals surface area contributed by atoms with Crippen LogP contribution in [0.4, 0.5) is 0 Å². The molecule has 1 heterocycles. The Morgan fingerprint density at radius 1 is 1.62 bits per heavy atom. The van der Waals surface area contributed by atoms with Crippen LogP contribution in [0.2, 0.25) is 0 Å². The van der Waals surface area contributed by atoms with E-state index in [0.29, 0.717) is 6.54 Å². The topological polar surface area (TPSA) is 49.4 Å². The summed E-state index contributed by atoms with van der Waals surface area (Å²) in [5.74, 6) is -0.182. The number of piperazine rings is 1. The smallest absolute Gasteiger partial charge is 0.248 e. The second-order valence-corrected chi connectivity index (χ2v) is 3.65. The molecule has 1 N–H and O–H groups in total. The van der Waals surface area contributed by atoms with Gasteiger partial charge in [-0.3, -0.25) is 9.59 Å². The molecule has 72 valence electrons. The van der Waals surface area contributed by atoms with Crippen molar-refractivity contribution < 1.29 is 9.59 Å². The van der Waals surface area contributed by atoms with E-state index < -0.39 is 5.54 Å². The van der Waals surface area contributed by atoms with E-state index in [2.05, 4.69) is 11.9 Å². The van der Waals surface area contributed by atoms with Gasteiger partial charge in [-0.25, -0.2) is 0 Å². The molecular weight excluding hydrogens is 168 g/mol. The van der Waals surface area contributed by atoms with Crippen molar-refractivity contribution >= 4 is 11.8 Å². The van der Waals surface area contributed by atoms with E-state index in [1.807, 2.05) is 0 Å². The normalized spacial score (nSPS) is 21.2. The lowest BCUT2D eigenvalue weighted by molar-refractivity contribution is -0.147. The van der Waals surface area contributed by atoms with Gasteiger partial charge in [0.1, 0.15) is 5.54 Å². The molecule has 4 nitrogen and oxygen atoms in total. The fourth-order valence-corrected chi connectivity index (χ4v) is 1.39. The molecular formula is C9H14N2O2. The molecule has 0 unspecified atom stereocenters. The van der Waals surface area contributed by atoms with Crippen molar-refractivity contribution in [3.05, 3.63) is 12.7 Å². The molecule has 1 saturated heterocycles. The van der Waals surface area contributed by atoms with Crippen LogP contribution in [0, 0.1) is 0 Å². The van der Waals surface area contributed by atoms with E-state index in [4.69, 9.17) is 0 Å². The molecule has 0 aromatic heterocycles. The van der Waals surface area contributed by atoms with Gasteiger partial charge in [0.2, 0.25) is 11.8 Å². The zero-order valence-electron chi connectivity index (χ0n) is 7.96. The van der Waals surface area contributed by atoms with Gasteiger partial charge in [-0.05, 0) is 13.8 Å². The number of carbonyl (C=O) groups excluding carboxylic acids is 2. The number of amides is 2. The largest absolute Gasteiger partial charge is 0.341 e. The van der Waals surface area contributed by atoms with Crippen LogP contribution in [-0.4, -0.2) is 35.3 Å². The molecule has 0 atom stereocenters. The van der Waals surface area contributed by atoms with Crippen molar-refractivity contribution in [3.8, 4) is 0 Å². The van der Waals surface area contributed by atoms with Gasteiger partial charge in [-0.15, -0.1) is 6.58 Å². The summed E-state index contributed by atoms with van der Waals surface area (Å²) in [5.41, 5.74) is -0.779. The molecule has 1 aliphatic heterocycles. The minimum atomic E-state index is -0.779. The quantitative estimate of drug-likeness (QED) is 0.607. The summed E-state index contributed by atoms with van der Waals surface area (Å²) in [6.07, 6.45) is 1.62. The Hall–Kier alpha value is -1.32. The van der Waals surface area contributed by atoms with Crippen LogP contribution >= 0.6 is 0 Å². The van der Waals surface area contributed by atoms with Crippen molar-refractivity contribution in [2.75, 3.05) is 13.1 Å². The van der Waals surface area contributed by atoms with Gasteiger partial charge in [0.15, 0.2) is 0 Å². The summed E-state index contributed by atoms with van der Waals surface area (Å²) in [7, 11) is 0. The van der Waals surface area contributed by atoms with Crippen LogP contribution in [-0.2, 0) is 9.59 Å². The molecule has 0 bridgehead atoms. The molecule has 0 radical (unpaired) electrons. The maximum Gasteiger partial charge on any atom is 0.248 e. The fourth-order valence-electron chi connectivity index (χ4n) is 1.39. The first-order chi connectivity index (χ1) is 5.97. The highest BCUT2D eigenvalue weighted by atomic mass is 16.2. The number of nitrogens with zero attached hydrogens (tertiary/aromatic N) is 1. The average Bonchev–Trinajstić information content (AvgIpc) is 1.99. The fraction of sp³-hybridized carbons (Fsp3) is 0.556. The van der Waals surface area contributed by atoms with E-state index in [-0.39, 0.29) is 18.4 Å². The molecule has 0 aliphatic carbocycles. The summed E-state index contributed by atoms with van der Waals surface area (Å²) in [5, 5.41) is 2.63. The zero-order chi connectivity index (χ0) is 10.1. The van der Waals surface area contributed by atoms with E-state index in [9.17, 15) is 9.59 Å². The summed E-state index contributed by atoms with van der Waals surface area (Å²) in [4.78, 5) is 24.3. The first-order valence-corrected chi connectivity index (χ1v) is 4.18. The van der Waals surface area contributed by atoms with Gasteiger partial charge < -0.3 is 10.2 Å². The highest BCUT2D eigenvalue weighted by Crippen LogP contribution is 2.12. The molecule has 4 heteroatoms. The van der Waals surface area contributed by atoms with Crippen molar-refractivity contribution in [3.63, 3.8) is 0 Å². The van der Waals surface area contributed by atoms with Gasteiger partial charge in [0.05, 0.1) is 6.54 Å².